The Morgan fingerprint density at radius 1 is 1.18 bits per heavy atom. The van der Waals surface area contributed by atoms with Crippen molar-refractivity contribution in [2.75, 3.05) is 0 Å². The highest BCUT2D eigenvalue weighted by Crippen LogP contribution is 2.42. The average Bonchev–Trinajstić information content (AvgIpc) is 2.46. The molecule has 1 aliphatic carbocycles. The molecular weight excluding hydrogens is 317 g/mol. The Hall–Kier alpha value is -1.76. The van der Waals surface area contributed by atoms with E-state index in [1.165, 1.54) is 6.08 Å². The zero-order valence-electron chi connectivity index (χ0n) is 11.4. The van der Waals surface area contributed by atoms with E-state index in [0.29, 0.717) is 18.6 Å². The number of fused-ring (bicyclic) bond motifs is 1. The third-order valence-electron chi connectivity index (χ3n) is 3.91. The number of alkyl halides is 3. The first-order valence-corrected chi connectivity index (χ1v) is 8.19. The van der Waals surface area contributed by atoms with Crippen molar-refractivity contribution < 1.29 is 26.3 Å². The van der Waals surface area contributed by atoms with Crippen molar-refractivity contribution in [3.8, 4) is 5.75 Å². The van der Waals surface area contributed by atoms with Gasteiger partial charge in [0.1, 0.15) is 11.4 Å². The quantitative estimate of drug-likeness (QED) is 0.791. The summed E-state index contributed by atoms with van der Waals surface area (Å²) in [4.78, 5) is -0.651. The molecule has 1 unspecified atom stereocenters. The maximum Gasteiger partial charge on any atom is 0.501 e. The number of allylic oxidation sites excluding steroid dienone is 2. The molecule has 1 spiro atoms. The van der Waals surface area contributed by atoms with Gasteiger partial charge in [0.2, 0.25) is 0 Å². The van der Waals surface area contributed by atoms with E-state index in [0.717, 1.165) is 11.6 Å². The van der Waals surface area contributed by atoms with Crippen LogP contribution in [0.25, 0.3) is 0 Å². The van der Waals surface area contributed by atoms with E-state index in [4.69, 9.17) is 4.74 Å². The smallest absolute Gasteiger partial charge is 0.483 e. The summed E-state index contributed by atoms with van der Waals surface area (Å²) in [6, 6.07) is 7.25. The standard InChI is InChI=1S/C15H13F3O3S/c16-15(17,18)22(19,20)12-5-3-8-14(10-12)9-7-11-4-1-2-6-13(11)21-14/h1-6,8H,7,9-10H2. The minimum atomic E-state index is -5.32. The van der Waals surface area contributed by atoms with Gasteiger partial charge in [-0.2, -0.15) is 13.2 Å². The summed E-state index contributed by atoms with van der Waals surface area (Å²) in [5, 5.41) is 0. The van der Waals surface area contributed by atoms with E-state index in [2.05, 4.69) is 0 Å². The Morgan fingerprint density at radius 2 is 1.91 bits per heavy atom. The van der Waals surface area contributed by atoms with Gasteiger partial charge in [-0.15, -0.1) is 0 Å². The molecule has 1 aromatic carbocycles. The maximum atomic E-state index is 12.7. The van der Waals surface area contributed by atoms with Crippen LogP contribution < -0.4 is 4.74 Å². The molecule has 0 aromatic heterocycles. The Bertz CT molecular complexity index is 762. The van der Waals surface area contributed by atoms with Gasteiger partial charge >= 0.3 is 5.51 Å². The van der Waals surface area contributed by atoms with Gasteiger partial charge in [0, 0.05) is 6.42 Å². The van der Waals surface area contributed by atoms with Crippen molar-refractivity contribution in [3.63, 3.8) is 0 Å². The molecule has 7 heteroatoms. The fraction of sp³-hybridized carbons (Fsp3) is 0.333. The molecule has 0 amide bonds. The Balaban J connectivity index is 1.92. The van der Waals surface area contributed by atoms with Crippen molar-refractivity contribution in [1.82, 2.24) is 0 Å². The highest BCUT2D eigenvalue weighted by Gasteiger charge is 2.50. The van der Waals surface area contributed by atoms with Crippen LogP contribution in [0.4, 0.5) is 13.2 Å². The second-order valence-electron chi connectivity index (χ2n) is 5.39. The summed E-state index contributed by atoms with van der Waals surface area (Å²) in [6.07, 6.45) is 4.72. The number of hydrogen-bond acceptors (Lipinski definition) is 3. The monoisotopic (exact) mass is 330 g/mol. The van der Waals surface area contributed by atoms with E-state index >= 15 is 0 Å². The zero-order chi connectivity index (χ0) is 16.0. The molecule has 0 bridgehead atoms. The number of halogens is 3. The molecule has 0 fully saturated rings. The number of rotatable bonds is 1. The lowest BCUT2D eigenvalue weighted by atomic mass is 9.86. The van der Waals surface area contributed by atoms with Crippen LogP contribution in [0.15, 0.2) is 47.4 Å². The van der Waals surface area contributed by atoms with Crippen molar-refractivity contribution in [1.29, 1.82) is 0 Å². The first kappa shape index (κ1) is 15.1. The second-order valence-corrected chi connectivity index (χ2v) is 7.39. The third kappa shape index (κ3) is 2.43. The Labute approximate surface area is 126 Å². The summed E-state index contributed by atoms with van der Waals surface area (Å²) >= 11 is 0. The maximum absolute atomic E-state index is 12.7. The number of aryl methyl sites for hydroxylation is 1. The summed E-state index contributed by atoms with van der Waals surface area (Å²) in [6.45, 7) is 0. The summed E-state index contributed by atoms with van der Waals surface area (Å²) < 4.78 is 67.2. The van der Waals surface area contributed by atoms with Gasteiger partial charge in [-0.1, -0.05) is 24.3 Å². The van der Waals surface area contributed by atoms with Crippen LogP contribution in [0.1, 0.15) is 18.4 Å². The topological polar surface area (TPSA) is 43.4 Å². The molecule has 1 aromatic rings. The van der Waals surface area contributed by atoms with Crippen LogP contribution in [0.2, 0.25) is 0 Å². The predicted octanol–water partition coefficient (Wildman–Crippen LogP) is 3.53. The van der Waals surface area contributed by atoms with Crippen LogP contribution in [0, 0.1) is 0 Å². The van der Waals surface area contributed by atoms with E-state index in [9.17, 15) is 21.6 Å². The molecule has 3 nitrogen and oxygen atoms in total. The Kier molecular flexibility index (Phi) is 3.36. The van der Waals surface area contributed by atoms with Crippen molar-refractivity contribution in [2.24, 2.45) is 0 Å². The van der Waals surface area contributed by atoms with Gasteiger partial charge in [0.05, 0.1) is 4.91 Å². The summed E-state index contributed by atoms with van der Waals surface area (Å²) in [5.74, 6) is 0.587. The summed E-state index contributed by atoms with van der Waals surface area (Å²) in [7, 11) is -5.32. The first-order valence-electron chi connectivity index (χ1n) is 6.70. The van der Waals surface area contributed by atoms with Crippen LogP contribution in [0.5, 0.6) is 5.75 Å². The van der Waals surface area contributed by atoms with E-state index in [1.54, 1.807) is 18.2 Å². The van der Waals surface area contributed by atoms with Crippen LogP contribution in [-0.4, -0.2) is 19.5 Å². The second kappa shape index (κ2) is 4.87. The zero-order valence-corrected chi connectivity index (χ0v) is 12.2. The van der Waals surface area contributed by atoms with Gasteiger partial charge in [0.25, 0.3) is 9.84 Å². The van der Waals surface area contributed by atoms with Crippen molar-refractivity contribution in [3.05, 3.63) is 53.0 Å². The molecule has 0 saturated carbocycles. The number of hydrogen-bond donors (Lipinski definition) is 0. The third-order valence-corrected chi connectivity index (χ3v) is 5.49. The average molecular weight is 330 g/mol. The Morgan fingerprint density at radius 3 is 2.64 bits per heavy atom. The molecular formula is C15H13F3O3S. The number of benzene rings is 1. The van der Waals surface area contributed by atoms with Crippen LogP contribution >= 0.6 is 0 Å². The molecule has 0 radical (unpaired) electrons. The van der Waals surface area contributed by atoms with Crippen LogP contribution in [0.3, 0.4) is 0 Å². The van der Waals surface area contributed by atoms with E-state index in [-0.39, 0.29) is 6.42 Å². The molecule has 22 heavy (non-hydrogen) atoms. The number of ether oxygens (including phenoxy) is 1. The van der Waals surface area contributed by atoms with Gasteiger partial charge < -0.3 is 4.74 Å². The highest BCUT2D eigenvalue weighted by molar-refractivity contribution is 7.96. The molecule has 1 aliphatic heterocycles. The number of sulfone groups is 1. The normalized spacial score (nSPS) is 24.6. The first-order chi connectivity index (χ1) is 10.2. The lowest BCUT2D eigenvalue weighted by Gasteiger charge is -2.38. The molecule has 2 aliphatic rings. The van der Waals surface area contributed by atoms with Crippen molar-refractivity contribution in [2.45, 2.75) is 30.4 Å². The minimum absolute atomic E-state index is 0.306. The lowest BCUT2D eigenvalue weighted by Crippen LogP contribution is -2.41. The molecule has 0 saturated heterocycles. The van der Waals surface area contributed by atoms with Gasteiger partial charge in [0.15, 0.2) is 0 Å². The SMILES string of the molecule is O=S(=O)(C1=CC=CC2(CCc3ccccc3O2)C1)C(F)(F)F. The molecule has 0 N–H and O–H groups in total. The van der Waals surface area contributed by atoms with Gasteiger partial charge in [-0.3, -0.25) is 0 Å². The molecule has 118 valence electrons. The summed E-state index contributed by atoms with van der Waals surface area (Å²) in [5.41, 5.74) is -5.36. The van der Waals surface area contributed by atoms with Gasteiger partial charge in [-0.05, 0) is 36.6 Å². The van der Waals surface area contributed by atoms with Gasteiger partial charge in [-0.25, -0.2) is 8.42 Å². The lowest BCUT2D eigenvalue weighted by molar-refractivity contribution is -0.0429. The van der Waals surface area contributed by atoms with Crippen LogP contribution in [-0.2, 0) is 16.3 Å². The predicted molar refractivity (Wildman–Crippen MR) is 74.9 cm³/mol. The van der Waals surface area contributed by atoms with Crippen molar-refractivity contribution >= 4 is 9.84 Å². The highest BCUT2D eigenvalue weighted by atomic mass is 32.2. The molecule has 1 heterocycles. The van der Waals surface area contributed by atoms with E-state index < -0.39 is 25.9 Å². The molecule has 3 rings (SSSR count). The van der Waals surface area contributed by atoms with E-state index in [1.807, 2.05) is 12.1 Å². The minimum Gasteiger partial charge on any atom is -0.483 e. The number of para-hydroxylation sites is 1. The fourth-order valence-corrected chi connectivity index (χ4v) is 3.73. The molecule has 1 atom stereocenters. The largest absolute Gasteiger partial charge is 0.501 e. The fourth-order valence-electron chi connectivity index (χ4n) is 2.74.